The fourth-order valence-electron chi connectivity index (χ4n) is 3.22. The van der Waals surface area contributed by atoms with Crippen LogP contribution in [-0.2, 0) is 24.2 Å². The molecular weight excluding hydrogens is 312 g/mol. The van der Waals surface area contributed by atoms with Crippen LogP contribution in [-0.4, -0.2) is 58.8 Å². The van der Waals surface area contributed by atoms with Crippen molar-refractivity contribution in [3.05, 3.63) is 39.3 Å². The van der Waals surface area contributed by atoms with Crippen LogP contribution in [0.25, 0.3) is 0 Å². The molecule has 122 valence electrons. The molecule has 1 amide bonds. The van der Waals surface area contributed by atoms with Crippen LogP contribution in [0, 0.1) is 0 Å². The normalized spacial score (nSPS) is 18.9. The van der Waals surface area contributed by atoms with Crippen LogP contribution in [0.2, 0.25) is 0 Å². The number of hydrogen-bond acceptors (Lipinski definition) is 5. The Balaban J connectivity index is 1.51. The first-order valence-electron chi connectivity index (χ1n) is 7.98. The topological polar surface area (TPSA) is 61.5 Å². The van der Waals surface area contributed by atoms with E-state index in [1.54, 1.807) is 11.3 Å². The molecule has 0 saturated carbocycles. The Morgan fingerprint density at radius 2 is 2.22 bits per heavy atom. The fraction of sp³-hybridized carbons (Fsp3) is 0.500. The molecule has 7 heteroatoms. The maximum atomic E-state index is 12.7. The van der Waals surface area contributed by atoms with Crippen LogP contribution in [0.15, 0.2) is 16.8 Å². The van der Waals surface area contributed by atoms with E-state index in [2.05, 4.69) is 31.9 Å². The number of carbonyl (C=O) groups excluding carboxylic acids is 1. The number of nitrogens with one attached hydrogen (secondary N) is 1. The molecule has 2 aromatic heterocycles. The van der Waals surface area contributed by atoms with E-state index in [1.165, 1.54) is 5.56 Å². The Hall–Kier alpha value is -1.70. The van der Waals surface area contributed by atoms with Crippen molar-refractivity contribution in [2.75, 3.05) is 32.8 Å². The zero-order valence-electron chi connectivity index (χ0n) is 13.0. The number of rotatable bonds is 3. The zero-order chi connectivity index (χ0) is 15.6. The second kappa shape index (κ2) is 6.43. The molecule has 6 nitrogen and oxygen atoms in total. The summed E-state index contributed by atoms with van der Waals surface area (Å²) in [6, 6.07) is 2.16. The molecule has 1 saturated heterocycles. The number of hydrogen-bond donors (Lipinski definition) is 1. The number of amides is 1. The maximum absolute atomic E-state index is 12.7. The number of aromatic nitrogens is 2. The van der Waals surface area contributed by atoms with Gasteiger partial charge in [0.05, 0.1) is 13.2 Å². The lowest BCUT2D eigenvalue weighted by Gasteiger charge is -2.29. The van der Waals surface area contributed by atoms with Crippen molar-refractivity contribution in [2.24, 2.45) is 0 Å². The minimum Gasteiger partial charge on any atom is -0.378 e. The second-order valence-corrected chi connectivity index (χ2v) is 6.81. The lowest BCUT2D eigenvalue weighted by atomic mass is 10.0. The monoisotopic (exact) mass is 332 g/mol. The third-order valence-electron chi connectivity index (χ3n) is 4.50. The summed E-state index contributed by atoms with van der Waals surface area (Å²) in [6.45, 7) is 5.24. The highest BCUT2D eigenvalue weighted by molar-refractivity contribution is 7.07. The lowest BCUT2D eigenvalue weighted by Crippen LogP contribution is -2.41. The molecule has 0 spiro atoms. The van der Waals surface area contributed by atoms with Gasteiger partial charge in [-0.15, -0.1) is 0 Å². The van der Waals surface area contributed by atoms with Crippen LogP contribution in [0.4, 0.5) is 0 Å². The first-order valence-corrected chi connectivity index (χ1v) is 8.92. The average Bonchev–Trinajstić information content (AvgIpc) is 3.24. The van der Waals surface area contributed by atoms with Gasteiger partial charge >= 0.3 is 0 Å². The highest BCUT2D eigenvalue weighted by Gasteiger charge is 2.28. The molecule has 23 heavy (non-hydrogen) atoms. The van der Waals surface area contributed by atoms with Gasteiger partial charge in [-0.2, -0.15) is 16.4 Å². The number of fused-ring (bicyclic) bond motifs is 1. The van der Waals surface area contributed by atoms with Crippen LogP contribution < -0.4 is 0 Å². The Morgan fingerprint density at radius 1 is 1.35 bits per heavy atom. The van der Waals surface area contributed by atoms with E-state index in [1.807, 2.05) is 4.90 Å². The summed E-state index contributed by atoms with van der Waals surface area (Å²) in [7, 11) is 0. The number of H-pyrrole nitrogens is 1. The predicted octanol–water partition coefficient (Wildman–Crippen LogP) is 1.50. The summed E-state index contributed by atoms with van der Waals surface area (Å²) in [5.74, 6) is 0.0307. The number of morpholine rings is 1. The van der Waals surface area contributed by atoms with Crippen molar-refractivity contribution in [3.8, 4) is 0 Å². The van der Waals surface area contributed by atoms with Gasteiger partial charge in [-0.05, 0) is 22.4 Å². The first-order chi connectivity index (χ1) is 11.3. The largest absolute Gasteiger partial charge is 0.378 e. The van der Waals surface area contributed by atoms with Gasteiger partial charge in [0.2, 0.25) is 0 Å². The van der Waals surface area contributed by atoms with Crippen molar-refractivity contribution >= 4 is 17.2 Å². The Bertz CT molecular complexity index is 676. The van der Waals surface area contributed by atoms with Crippen LogP contribution in [0.1, 0.15) is 27.3 Å². The summed E-state index contributed by atoms with van der Waals surface area (Å²) in [6.07, 6.45) is 0.920. The van der Waals surface area contributed by atoms with E-state index in [0.29, 0.717) is 32.0 Å². The summed E-state index contributed by atoms with van der Waals surface area (Å²) >= 11 is 1.72. The zero-order valence-corrected chi connectivity index (χ0v) is 13.8. The van der Waals surface area contributed by atoms with Gasteiger partial charge in [0, 0.05) is 50.4 Å². The fourth-order valence-corrected chi connectivity index (χ4v) is 3.88. The molecule has 2 aromatic rings. The number of carbonyl (C=O) groups is 1. The van der Waals surface area contributed by atoms with Crippen molar-refractivity contribution in [1.29, 1.82) is 0 Å². The summed E-state index contributed by atoms with van der Waals surface area (Å²) in [4.78, 5) is 17.0. The van der Waals surface area contributed by atoms with E-state index < -0.39 is 0 Å². The number of aromatic amines is 1. The SMILES string of the molecule is O=C(c1n[nH]c2c1CN(Cc1ccsc1)CC2)N1CCOCC1. The molecule has 2 aliphatic rings. The van der Waals surface area contributed by atoms with Crippen molar-refractivity contribution in [3.63, 3.8) is 0 Å². The molecule has 0 aromatic carbocycles. The van der Waals surface area contributed by atoms with E-state index in [9.17, 15) is 4.79 Å². The van der Waals surface area contributed by atoms with E-state index in [-0.39, 0.29) is 5.91 Å². The van der Waals surface area contributed by atoms with Gasteiger partial charge in [-0.25, -0.2) is 0 Å². The minimum atomic E-state index is 0.0307. The molecule has 0 aliphatic carbocycles. The molecule has 0 bridgehead atoms. The van der Waals surface area contributed by atoms with Gasteiger partial charge < -0.3 is 9.64 Å². The average molecular weight is 332 g/mol. The predicted molar refractivity (Wildman–Crippen MR) is 87.4 cm³/mol. The summed E-state index contributed by atoms with van der Waals surface area (Å²) < 4.78 is 5.33. The van der Waals surface area contributed by atoms with E-state index >= 15 is 0 Å². The third kappa shape index (κ3) is 3.04. The summed E-state index contributed by atoms with van der Waals surface area (Å²) in [5.41, 5.74) is 4.12. The Kier molecular flexibility index (Phi) is 4.15. The minimum absolute atomic E-state index is 0.0307. The van der Waals surface area contributed by atoms with Crippen molar-refractivity contribution < 1.29 is 9.53 Å². The number of nitrogens with zero attached hydrogens (tertiary/aromatic N) is 3. The van der Waals surface area contributed by atoms with Gasteiger partial charge in [-0.3, -0.25) is 14.8 Å². The van der Waals surface area contributed by atoms with E-state index in [4.69, 9.17) is 4.74 Å². The molecule has 0 unspecified atom stereocenters. The lowest BCUT2D eigenvalue weighted by molar-refractivity contribution is 0.0297. The third-order valence-corrected chi connectivity index (χ3v) is 5.23. The standard InChI is InChI=1S/C16H20N4O2S/c21-16(20-4-6-22-7-5-20)15-13-10-19(3-1-14(13)17-18-15)9-12-2-8-23-11-12/h2,8,11H,1,3-7,9-10H2,(H,17,18). The van der Waals surface area contributed by atoms with Gasteiger partial charge in [0.15, 0.2) is 5.69 Å². The van der Waals surface area contributed by atoms with Crippen LogP contribution in [0.5, 0.6) is 0 Å². The van der Waals surface area contributed by atoms with Gasteiger partial charge in [0.1, 0.15) is 0 Å². The molecular formula is C16H20N4O2S. The van der Waals surface area contributed by atoms with Crippen molar-refractivity contribution in [1.82, 2.24) is 20.0 Å². The molecule has 4 heterocycles. The number of ether oxygens (including phenoxy) is 1. The molecule has 2 aliphatic heterocycles. The van der Waals surface area contributed by atoms with E-state index in [0.717, 1.165) is 37.3 Å². The first kappa shape index (κ1) is 14.9. The van der Waals surface area contributed by atoms with Gasteiger partial charge in [0.25, 0.3) is 5.91 Å². The smallest absolute Gasteiger partial charge is 0.274 e. The highest BCUT2D eigenvalue weighted by Crippen LogP contribution is 2.23. The Morgan fingerprint density at radius 3 is 3.00 bits per heavy atom. The number of thiophene rings is 1. The Labute approximate surface area is 139 Å². The highest BCUT2D eigenvalue weighted by atomic mass is 32.1. The van der Waals surface area contributed by atoms with Gasteiger partial charge in [-0.1, -0.05) is 0 Å². The molecule has 0 radical (unpaired) electrons. The maximum Gasteiger partial charge on any atom is 0.274 e. The molecule has 0 atom stereocenters. The molecule has 1 N–H and O–H groups in total. The van der Waals surface area contributed by atoms with Crippen molar-refractivity contribution in [2.45, 2.75) is 19.5 Å². The quantitative estimate of drug-likeness (QED) is 0.925. The second-order valence-electron chi connectivity index (χ2n) is 6.03. The van der Waals surface area contributed by atoms with Crippen LogP contribution in [0.3, 0.4) is 0 Å². The molecule has 4 rings (SSSR count). The molecule has 1 fully saturated rings. The van der Waals surface area contributed by atoms with Crippen LogP contribution >= 0.6 is 11.3 Å². The summed E-state index contributed by atoms with van der Waals surface area (Å²) in [5, 5.41) is 11.7.